The van der Waals surface area contributed by atoms with Crippen LogP contribution >= 0.6 is 0 Å². The van der Waals surface area contributed by atoms with Crippen molar-refractivity contribution < 1.29 is 0 Å². The van der Waals surface area contributed by atoms with Crippen molar-refractivity contribution in [3.05, 3.63) is 60.4 Å². The van der Waals surface area contributed by atoms with Gasteiger partial charge in [0, 0.05) is 11.9 Å². The Kier molecular flexibility index (Phi) is 4.48. The van der Waals surface area contributed by atoms with Crippen LogP contribution in [0.5, 0.6) is 0 Å². The van der Waals surface area contributed by atoms with Crippen LogP contribution in [-0.4, -0.2) is 10.9 Å². The van der Waals surface area contributed by atoms with E-state index in [4.69, 9.17) is 5.26 Å². The lowest BCUT2D eigenvalue weighted by atomic mass is 10.3. The molecule has 2 N–H and O–H groups in total. The molecule has 0 fully saturated rings. The van der Waals surface area contributed by atoms with Crippen molar-refractivity contribution in [1.29, 1.82) is 5.26 Å². The van der Waals surface area contributed by atoms with Crippen LogP contribution in [0.2, 0.25) is 0 Å². The predicted octanol–water partition coefficient (Wildman–Crippen LogP) is 2.12. The van der Waals surface area contributed by atoms with Crippen molar-refractivity contribution in [1.82, 2.24) is 10.3 Å². The molecule has 0 amide bonds. The van der Waals surface area contributed by atoms with Gasteiger partial charge in [-0.2, -0.15) is 5.26 Å². The Balaban J connectivity index is 2.05. The number of hydrogen-bond acceptors (Lipinski definition) is 3. The summed E-state index contributed by atoms with van der Waals surface area (Å²) >= 11 is 0. The van der Waals surface area contributed by atoms with E-state index in [1.807, 2.05) is 54.7 Å². The van der Waals surface area contributed by atoms with E-state index in [0.717, 1.165) is 11.4 Å². The van der Waals surface area contributed by atoms with Crippen molar-refractivity contribution in [3.63, 3.8) is 0 Å². The van der Waals surface area contributed by atoms with E-state index in [1.54, 1.807) is 6.20 Å². The Labute approximate surface area is 111 Å². The summed E-state index contributed by atoms with van der Waals surface area (Å²) in [5.41, 5.74) is 1.71. The van der Waals surface area contributed by atoms with Crippen LogP contribution in [-0.2, 0) is 6.54 Å². The minimum Gasteiger partial charge on any atom is -0.326 e. The third-order valence-electron chi connectivity index (χ3n) is 2.34. The second kappa shape index (κ2) is 6.77. The van der Waals surface area contributed by atoms with Crippen molar-refractivity contribution >= 4 is 11.6 Å². The van der Waals surface area contributed by atoms with Crippen molar-refractivity contribution in [2.24, 2.45) is 4.99 Å². The number of benzene rings is 1. The highest BCUT2D eigenvalue weighted by atomic mass is 15.2. The maximum Gasteiger partial charge on any atom is 0.209 e. The molecule has 0 radical (unpaired) electrons. The molecule has 0 aliphatic rings. The summed E-state index contributed by atoms with van der Waals surface area (Å²) in [6.07, 6.45) is 3.58. The summed E-state index contributed by atoms with van der Waals surface area (Å²) in [5.74, 6) is 0.402. The van der Waals surface area contributed by atoms with Gasteiger partial charge in [0.05, 0.1) is 12.2 Å². The number of nitrogens with one attached hydrogen (secondary N) is 2. The molecule has 1 heterocycles. The Morgan fingerprint density at radius 1 is 1.16 bits per heavy atom. The van der Waals surface area contributed by atoms with Gasteiger partial charge in [0.15, 0.2) is 6.19 Å². The van der Waals surface area contributed by atoms with E-state index in [9.17, 15) is 0 Å². The number of aliphatic imine (C=N–C) groups is 1. The number of guanidine groups is 1. The number of para-hydroxylation sites is 1. The van der Waals surface area contributed by atoms with Crippen LogP contribution in [0.3, 0.4) is 0 Å². The molecule has 1 aromatic heterocycles. The summed E-state index contributed by atoms with van der Waals surface area (Å²) < 4.78 is 0. The number of rotatable bonds is 3. The minimum atomic E-state index is 0.402. The van der Waals surface area contributed by atoms with Crippen molar-refractivity contribution in [3.8, 4) is 6.19 Å². The number of anilines is 1. The predicted molar refractivity (Wildman–Crippen MR) is 74.2 cm³/mol. The van der Waals surface area contributed by atoms with Gasteiger partial charge in [-0.1, -0.05) is 24.3 Å². The first-order valence-corrected chi connectivity index (χ1v) is 5.80. The Morgan fingerprint density at radius 2 is 1.95 bits per heavy atom. The van der Waals surface area contributed by atoms with Crippen molar-refractivity contribution in [2.45, 2.75) is 6.54 Å². The fourth-order valence-corrected chi connectivity index (χ4v) is 1.47. The third kappa shape index (κ3) is 4.13. The lowest BCUT2D eigenvalue weighted by Crippen LogP contribution is -2.26. The van der Waals surface area contributed by atoms with Gasteiger partial charge in [0.2, 0.25) is 5.96 Å². The Hall–Kier alpha value is -2.87. The summed E-state index contributed by atoms with van der Waals surface area (Å²) in [6, 6.07) is 15.2. The molecule has 0 aliphatic heterocycles. The molecule has 0 saturated carbocycles. The van der Waals surface area contributed by atoms with E-state index >= 15 is 0 Å². The third-order valence-corrected chi connectivity index (χ3v) is 2.34. The van der Waals surface area contributed by atoms with E-state index < -0.39 is 0 Å². The van der Waals surface area contributed by atoms with Gasteiger partial charge >= 0.3 is 0 Å². The molecule has 0 saturated heterocycles. The maximum absolute atomic E-state index is 8.71. The fourth-order valence-electron chi connectivity index (χ4n) is 1.47. The molecule has 2 rings (SSSR count). The van der Waals surface area contributed by atoms with E-state index in [1.165, 1.54) is 0 Å². The number of nitriles is 1. The summed E-state index contributed by atoms with van der Waals surface area (Å²) in [4.78, 5) is 8.46. The van der Waals surface area contributed by atoms with Gasteiger partial charge in [0.1, 0.15) is 0 Å². The lowest BCUT2D eigenvalue weighted by molar-refractivity contribution is 0.975. The highest BCUT2D eigenvalue weighted by Crippen LogP contribution is 2.05. The zero-order valence-corrected chi connectivity index (χ0v) is 10.2. The van der Waals surface area contributed by atoms with Crippen LogP contribution < -0.4 is 10.6 Å². The minimum absolute atomic E-state index is 0.402. The Bertz CT molecular complexity index is 572. The van der Waals surface area contributed by atoms with Gasteiger partial charge in [-0.05, 0) is 24.3 Å². The molecule has 19 heavy (non-hydrogen) atoms. The van der Waals surface area contributed by atoms with Crippen LogP contribution in [0.1, 0.15) is 5.69 Å². The lowest BCUT2D eigenvalue weighted by Gasteiger charge is -2.07. The molecule has 0 unspecified atom stereocenters. The zero-order valence-electron chi connectivity index (χ0n) is 10.2. The number of hydrogen-bond donors (Lipinski definition) is 2. The molecule has 0 spiro atoms. The second-order valence-corrected chi connectivity index (χ2v) is 3.71. The second-order valence-electron chi connectivity index (χ2n) is 3.71. The molecule has 1 aromatic carbocycles. The number of nitrogens with zero attached hydrogens (tertiary/aromatic N) is 3. The van der Waals surface area contributed by atoms with Gasteiger partial charge in [-0.15, -0.1) is 0 Å². The average Bonchev–Trinajstić information content (AvgIpc) is 2.47. The largest absolute Gasteiger partial charge is 0.326 e. The zero-order chi connectivity index (χ0) is 13.3. The van der Waals surface area contributed by atoms with Gasteiger partial charge in [-0.25, -0.2) is 4.99 Å². The van der Waals surface area contributed by atoms with Gasteiger partial charge in [0.25, 0.3) is 0 Å². The number of pyridine rings is 1. The highest BCUT2D eigenvalue weighted by molar-refractivity contribution is 5.94. The highest BCUT2D eigenvalue weighted by Gasteiger charge is 1.99. The molecule has 0 bridgehead atoms. The molecule has 94 valence electrons. The first-order chi connectivity index (χ1) is 9.38. The molecule has 5 heteroatoms. The normalized spacial score (nSPS) is 10.6. The average molecular weight is 251 g/mol. The topological polar surface area (TPSA) is 73.1 Å². The maximum atomic E-state index is 8.71. The summed E-state index contributed by atoms with van der Waals surface area (Å²) in [5, 5.41) is 14.3. The Morgan fingerprint density at radius 3 is 2.63 bits per heavy atom. The molecule has 0 atom stereocenters. The molecule has 5 nitrogen and oxygen atoms in total. The van der Waals surface area contributed by atoms with Crippen LogP contribution in [0.25, 0.3) is 0 Å². The molecular weight excluding hydrogens is 238 g/mol. The van der Waals surface area contributed by atoms with E-state index in [0.29, 0.717) is 12.5 Å². The smallest absolute Gasteiger partial charge is 0.209 e. The van der Waals surface area contributed by atoms with Crippen molar-refractivity contribution in [2.75, 3.05) is 5.32 Å². The fraction of sp³-hybridized carbons (Fsp3) is 0.0714. The molecular formula is C14H13N5. The van der Waals surface area contributed by atoms with Crippen LogP contribution in [0.4, 0.5) is 5.69 Å². The first-order valence-electron chi connectivity index (χ1n) is 5.80. The monoisotopic (exact) mass is 251 g/mol. The van der Waals surface area contributed by atoms with E-state index in [-0.39, 0.29) is 0 Å². The van der Waals surface area contributed by atoms with Crippen LogP contribution in [0.15, 0.2) is 59.7 Å². The van der Waals surface area contributed by atoms with E-state index in [2.05, 4.69) is 20.6 Å². The SMILES string of the molecule is N#CNC(=NCc1ccccn1)Nc1ccccc1. The molecule has 2 aromatic rings. The molecule has 0 aliphatic carbocycles. The standard InChI is InChI=1S/C14H13N5/c15-11-18-14(19-12-6-2-1-3-7-12)17-10-13-8-4-5-9-16-13/h1-9H,10H2,(H2,17,18,19). The van der Waals surface area contributed by atoms with Gasteiger partial charge < -0.3 is 5.32 Å². The van der Waals surface area contributed by atoms with Gasteiger partial charge in [-0.3, -0.25) is 10.3 Å². The summed E-state index contributed by atoms with van der Waals surface area (Å²) in [6.45, 7) is 0.407. The first kappa shape index (κ1) is 12.6. The quantitative estimate of drug-likeness (QED) is 0.379. The number of aromatic nitrogens is 1. The van der Waals surface area contributed by atoms with Crippen LogP contribution in [0, 0.1) is 11.5 Å². The summed E-state index contributed by atoms with van der Waals surface area (Å²) in [7, 11) is 0.